The van der Waals surface area contributed by atoms with E-state index in [4.69, 9.17) is 5.14 Å². The zero-order valence-corrected chi connectivity index (χ0v) is 12.7. The van der Waals surface area contributed by atoms with E-state index >= 15 is 0 Å². The fourth-order valence-corrected chi connectivity index (χ4v) is 2.82. The van der Waals surface area contributed by atoms with Gasteiger partial charge in [0.2, 0.25) is 10.0 Å². The maximum Gasteiger partial charge on any atom is 0.238 e. The van der Waals surface area contributed by atoms with Gasteiger partial charge in [-0.05, 0) is 40.6 Å². The Bertz CT molecular complexity index is 903. The van der Waals surface area contributed by atoms with Crippen molar-refractivity contribution in [1.29, 1.82) is 0 Å². The number of benzene rings is 3. The van der Waals surface area contributed by atoms with E-state index in [9.17, 15) is 8.42 Å². The molecule has 3 aromatic carbocycles. The van der Waals surface area contributed by atoms with Crippen molar-refractivity contribution in [3.63, 3.8) is 0 Å². The lowest BCUT2D eigenvalue weighted by atomic mass is 10.1. The molecule has 0 bridgehead atoms. The predicted octanol–water partition coefficient (Wildman–Crippen LogP) is 3.10. The van der Waals surface area contributed by atoms with E-state index in [1.807, 2.05) is 18.2 Å². The minimum Gasteiger partial charge on any atom is -0.381 e. The number of fused-ring (bicyclic) bond motifs is 1. The van der Waals surface area contributed by atoms with E-state index in [1.165, 1.54) is 22.9 Å². The van der Waals surface area contributed by atoms with Gasteiger partial charge in [-0.25, -0.2) is 13.6 Å². The topological polar surface area (TPSA) is 72.2 Å². The van der Waals surface area contributed by atoms with Gasteiger partial charge >= 0.3 is 0 Å². The normalized spacial score (nSPS) is 11.5. The molecule has 0 atom stereocenters. The van der Waals surface area contributed by atoms with Gasteiger partial charge in [-0.1, -0.05) is 42.5 Å². The standard InChI is InChI=1S/C17H16N2O2S/c18-22(20,21)17-9-5-13(6-10-17)12-19-16-8-7-14-3-1-2-4-15(14)11-16/h1-11,19H,12H2,(H2,18,20,21). The number of hydrogen-bond acceptors (Lipinski definition) is 3. The van der Waals surface area contributed by atoms with Crippen LogP contribution in [0.4, 0.5) is 5.69 Å². The van der Waals surface area contributed by atoms with Crippen molar-refractivity contribution in [3.05, 3.63) is 72.3 Å². The van der Waals surface area contributed by atoms with E-state index in [2.05, 4.69) is 29.6 Å². The smallest absolute Gasteiger partial charge is 0.238 e. The van der Waals surface area contributed by atoms with Crippen LogP contribution in [0.1, 0.15) is 5.56 Å². The van der Waals surface area contributed by atoms with Crippen molar-refractivity contribution >= 4 is 26.5 Å². The quantitative estimate of drug-likeness (QED) is 0.777. The van der Waals surface area contributed by atoms with Gasteiger partial charge in [0, 0.05) is 12.2 Å². The summed E-state index contributed by atoms with van der Waals surface area (Å²) in [7, 11) is -3.63. The molecule has 0 aliphatic carbocycles. The first kappa shape index (κ1) is 14.6. The van der Waals surface area contributed by atoms with E-state index in [0.717, 1.165) is 11.3 Å². The van der Waals surface area contributed by atoms with Crippen LogP contribution in [0, 0.1) is 0 Å². The van der Waals surface area contributed by atoms with Crippen LogP contribution in [-0.2, 0) is 16.6 Å². The molecule has 0 saturated carbocycles. The van der Waals surface area contributed by atoms with Crippen molar-refractivity contribution in [2.75, 3.05) is 5.32 Å². The molecular formula is C17H16N2O2S. The summed E-state index contributed by atoms with van der Waals surface area (Å²) < 4.78 is 22.4. The third-order valence-corrected chi connectivity index (χ3v) is 4.43. The van der Waals surface area contributed by atoms with Crippen molar-refractivity contribution in [3.8, 4) is 0 Å². The van der Waals surface area contributed by atoms with Crippen LogP contribution in [-0.4, -0.2) is 8.42 Å². The number of rotatable bonds is 4. The van der Waals surface area contributed by atoms with Gasteiger partial charge in [-0.3, -0.25) is 0 Å². The molecule has 3 rings (SSSR count). The van der Waals surface area contributed by atoms with Gasteiger partial charge in [-0.2, -0.15) is 0 Å². The molecule has 3 aromatic rings. The number of nitrogens with two attached hydrogens (primary N) is 1. The average molecular weight is 312 g/mol. The highest BCUT2D eigenvalue weighted by Gasteiger charge is 2.06. The van der Waals surface area contributed by atoms with Crippen LogP contribution in [0.5, 0.6) is 0 Å². The van der Waals surface area contributed by atoms with Gasteiger partial charge in [-0.15, -0.1) is 0 Å². The summed E-state index contributed by atoms with van der Waals surface area (Å²) in [5.41, 5.74) is 2.01. The van der Waals surface area contributed by atoms with Crippen LogP contribution < -0.4 is 10.5 Å². The van der Waals surface area contributed by atoms with Crippen LogP contribution >= 0.6 is 0 Å². The van der Waals surface area contributed by atoms with E-state index in [1.54, 1.807) is 12.1 Å². The van der Waals surface area contributed by atoms with Gasteiger partial charge in [0.05, 0.1) is 4.90 Å². The highest BCUT2D eigenvalue weighted by Crippen LogP contribution is 2.19. The van der Waals surface area contributed by atoms with E-state index in [-0.39, 0.29) is 4.90 Å². The highest BCUT2D eigenvalue weighted by atomic mass is 32.2. The fourth-order valence-electron chi connectivity index (χ4n) is 2.30. The number of primary sulfonamides is 1. The lowest BCUT2D eigenvalue weighted by Gasteiger charge is -2.08. The lowest BCUT2D eigenvalue weighted by Crippen LogP contribution is -2.12. The molecule has 0 heterocycles. The van der Waals surface area contributed by atoms with Crippen LogP contribution in [0.25, 0.3) is 10.8 Å². The average Bonchev–Trinajstić information content (AvgIpc) is 2.52. The zero-order chi connectivity index (χ0) is 15.6. The molecular weight excluding hydrogens is 296 g/mol. The molecule has 0 amide bonds. The van der Waals surface area contributed by atoms with Crippen LogP contribution in [0.15, 0.2) is 71.6 Å². The second-order valence-electron chi connectivity index (χ2n) is 5.10. The lowest BCUT2D eigenvalue weighted by molar-refractivity contribution is 0.598. The minimum absolute atomic E-state index is 0.127. The first-order valence-electron chi connectivity index (χ1n) is 6.87. The predicted molar refractivity (Wildman–Crippen MR) is 89.1 cm³/mol. The molecule has 0 aromatic heterocycles. The Labute approximate surface area is 129 Å². The molecule has 112 valence electrons. The van der Waals surface area contributed by atoms with E-state index < -0.39 is 10.0 Å². The molecule has 4 nitrogen and oxygen atoms in total. The third-order valence-electron chi connectivity index (χ3n) is 3.50. The van der Waals surface area contributed by atoms with Gasteiger partial charge < -0.3 is 5.32 Å². The number of sulfonamides is 1. The Morgan fingerprint density at radius 2 is 1.55 bits per heavy atom. The zero-order valence-electron chi connectivity index (χ0n) is 11.9. The van der Waals surface area contributed by atoms with Crippen molar-refractivity contribution in [1.82, 2.24) is 0 Å². The maximum atomic E-state index is 11.2. The van der Waals surface area contributed by atoms with Crippen LogP contribution in [0.2, 0.25) is 0 Å². The Kier molecular flexibility index (Phi) is 3.83. The summed E-state index contributed by atoms with van der Waals surface area (Å²) >= 11 is 0. The second kappa shape index (κ2) is 5.79. The molecule has 5 heteroatoms. The largest absolute Gasteiger partial charge is 0.381 e. The van der Waals surface area contributed by atoms with Crippen LogP contribution in [0.3, 0.4) is 0 Å². The fraction of sp³-hybridized carbons (Fsp3) is 0.0588. The SMILES string of the molecule is NS(=O)(=O)c1ccc(CNc2ccc3ccccc3c2)cc1. The van der Waals surface area contributed by atoms with Gasteiger partial charge in [0.15, 0.2) is 0 Å². The maximum absolute atomic E-state index is 11.2. The molecule has 0 unspecified atom stereocenters. The molecule has 0 aliphatic heterocycles. The first-order chi connectivity index (χ1) is 10.5. The van der Waals surface area contributed by atoms with Crippen molar-refractivity contribution in [2.45, 2.75) is 11.4 Å². The molecule has 0 saturated heterocycles. The first-order valence-corrected chi connectivity index (χ1v) is 8.41. The molecule has 0 aliphatic rings. The molecule has 22 heavy (non-hydrogen) atoms. The highest BCUT2D eigenvalue weighted by molar-refractivity contribution is 7.89. The number of anilines is 1. The van der Waals surface area contributed by atoms with Gasteiger partial charge in [0.25, 0.3) is 0 Å². The van der Waals surface area contributed by atoms with Crippen molar-refractivity contribution in [2.24, 2.45) is 5.14 Å². The summed E-state index contributed by atoms with van der Waals surface area (Å²) in [4.78, 5) is 0.127. The summed E-state index contributed by atoms with van der Waals surface area (Å²) in [6, 6.07) is 20.9. The Morgan fingerprint density at radius 3 is 2.23 bits per heavy atom. The second-order valence-corrected chi connectivity index (χ2v) is 6.67. The molecule has 3 N–H and O–H groups in total. The van der Waals surface area contributed by atoms with Crippen molar-refractivity contribution < 1.29 is 8.42 Å². The summed E-state index contributed by atoms with van der Waals surface area (Å²) in [5.74, 6) is 0. The summed E-state index contributed by atoms with van der Waals surface area (Å²) in [5, 5.41) is 10.8. The van der Waals surface area contributed by atoms with E-state index in [0.29, 0.717) is 6.54 Å². The summed E-state index contributed by atoms with van der Waals surface area (Å²) in [6.07, 6.45) is 0. The summed E-state index contributed by atoms with van der Waals surface area (Å²) in [6.45, 7) is 0.614. The Hall–Kier alpha value is -2.37. The number of hydrogen-bond donors (Lipinski definition) is 2. The molecule has 0 radical (unpaired) electrons. The molecule has 0 spiro atoms. The third kappa shape index (κ3) is 3.27. The van der Waals surface area contributed by atoms with Gasteiger partial charge in [0.1, 0.15) is 0 Å². The monoisotopic (exact) mass is 312 g/mol. The Morgan fingerprint density at radius 1 is 0.864 bits per heavy atom. The minimum atomic E-state index is -3.63. The Balaban J connectivity index is 1.73. The number of nitrogens with one attached hydrogen (secondary N) is 1. The molecule has 0 fully saturated rings.